The van der Waals surface area contributed by atoms with Crippen LogP contribution in [0.4, 0.5) is 0 Å². The highest BCUT2D eigenvalue weighted by Gasteiger charge is 2.23. The molecule has 0 saturated carbocycles. The monoisotopic (exact) mass is 279 g/mol. The Bertz CT molecular complexity index is 601. The molecule has 0 spiro atoms. The second-order valence-corrected chi connectivity index (χ2v) is 9.62. The molecule has 1 unspecified atom stereocenters. The average Bonchev–Trinajstić information content (AvgIpc) is 2.70. The maximum atomic E-state index is 11.4. The van der Waals surface area contributed by atoms with Gasteiger partial charge in [-0.15, -0.1) is 0 Å². The number of hydrogen-bond donors (Lipinski definition) is 0. The summed E-state index contributed by atoms with van der Waals surface area (Å²) < 4.78 is 12.4. The van der Waals surface area contributed by atoms with Crippen LogP contribution in [0.15, 0.2) is 33.7 Å². The third kappa shape index (κ3) is 3.39. The van der Waals surface area contributed by atoms with E-state index >= 15 is 0 Å². The minimum atomic E-state index is -1.75. The lowest BCUT2D eigenvalue weighted by Crippen LogP contribution is -2.29. The summed E-state index contributed by atoms with van der Waals surface area (Å²) in [5, 5.41) is 0. The van der Waals surface area contributed by atoms with Crippen LogP contribution in [0.5, 0.6) is 0 Å². The maximum absolute atomic E-state index is 11.4. The number of hydrogen-bond acceptors (Lipinski definition) is 5. The van der Waals surface area contributed by atoms with E-state index in [4.69, 9.17) is 8.95 Å². The van der Waals surface area contributed by atoms with E-state index in [-0.39, 0.29) is 6.23 Å². The van der Waals surface area contributed by atoms with Crippen molar-refractivity contribution in [1.82, 2.24) is 14.7 Å². The van der Waals surface area contributed by atoms with Crippen molar-refractivity contribution >= 4 is 8.32 Å². The minimum absolute atomic E-state index is 0.386. The summed E-state index contributed by atoms with van der Waals surface area (Å²) in [6.45, 7) is 8.03. The van der Waals surface area contributed by atoms with Gasteiger partial charge in [-0.2, -0.15) is 9.72 Å². The van der Waals surface area contributed by atoms with Crippen molar-refractivity contribution in [1.29, 1.82) is 0 Å². The highest BCUT2D eigenvalue weighted by Crippen LogP contribution is 2.21. The van der Waals surface area contributed by atoms with Crippen LogP contribution in [0.2, 0.25) is 19.6 Å². The highest BCUT2D eigenvalue weighted by atomic mass is 28.4. The predicted molar refractivity (Wildman–Crippen MR) is 73.1 cm³/mol. The zero-order valence-corrected chi connectivity index (χ0v) is 12.5. The van der Waals surface area contributed by atoms with Crippen molar-refractivity contribution in [2.75, 3.05) is 0 Å². The van der Waals surface area contributed by atoms with Crippen molar-refractivity contribution < 1.29 is 8.95 Å². The van der Waals surface area contributed by atoms with E-state index in [1.54, 1.807) is 18.3 Å². The Morgan fingerprint density at radius 3 is 2.68 bits per heavy atom. The van der Waals surface area contributed by atoms with Gasteiger partial charge >= 0.3 is 5.76 Å². The predicted octanol–water partition coefficient (Wildman–Crippen LogP) is 2.27. The normalized spacial score (nSPS) is 13.5. The third-order valence-corrected chi connectivity index (χ3v) is 3.38. The Hall–Kier alpha value is -1.73. The van der Waals surface area contributed by atoms with E-state index in [1.807, 2.05) is 13.0 Å². The molecule has 0 aromatic carbocycles. The lowest BCUT2D eigenvalue weighted by atomic mass is 10.3. The molecule has 1 atom stereocenters. The molecule has 2 heterocycles. The van der Waals surface area contributed by atoms with Gasteiger partial charge in [0.2, 0.25) is 0 Å². The minimum Gasteiger partial charge on any atom is -0.396 e. The number of nitrogens with zero attached hydrogens (tertiary/aromatic N) is 3. The molecule has 0 aliphatic carbocycles. The zero-order valence-electron chi connectivity index (χ0n) is 11.5. The molecule has 0 bridgehead atoms. The van der Waals surface area contributed by atoms with E-state index < -0.39 is 14.1 Å². The summed E-state index contributed by atoms with van der Waals surface area (Å²) in [6, 6.07) is 5.40. The van der Waals surface area contributed by atoms with Crippen LogP contribution in [0.3, 0.4) is 0 Å². The van der Waals surface area contributed by atoms with Crippen LogP contribution in [0.25, 0.3) is 11.5 Å². The Morgan fingerprint density at radius 2 is 2.11 bits per heavy atom. The first-order valence-electron chi connectivity index (χ1n) is 6.06. The van der Waals surface area contributed by atoms with Gasteiger partial charge in [0.15, 0.2) is 20.4 Å². The number of pyridine rings is 1. The SMILES string of the molecule is CC(O[Si](C)(C)C)n1oc(=O)nc1-c1ccccn1. The van der Waals surface area contributed by atoms with E-state index in [2.05, 4.69) is 29.6 Å². The number of rotatable bonds is 4. The first kappa shape index (κ1) is 13.7. The fraction of sp³-hybridized carbons (Fsp3) is 0.417. The van der Waals surface area contributed by atoms with Crippen LogP contribution < -0.4 is 5.76 Å². The first-order valence-corrected chi connectivity index (χ1v) is 9.47. The largest absolute Gasteiger partial charge is 0.460 e. The molecule has 0 radical (unpaired) electrons. The lowest BCUT2D eigenvalue weighted by molar-refractivity contribution is 0.0544. The summed E-state index contributed by atoms with van der Waals surface area (Å²) in [6.07, 6.45) is 1.25. The summed E-state index contributed by atoms with van der Waals surface area (Å²) in [4.78, 5) is 19.4. The van der Waals surface area contributed by atoms with Gasteiger partial charge in [-0.1, -0.05) is 6.07 Å². The van der Waals surface area contributed by atoms with Gasteiger partial charge in [0, 0.05) is 6.20 Å². The molecule has 0 fully saturated rings. The summed E-state index contributed by atoms with van der Waals surface area (Å²) in [7, 11) is -1.75. The summed E-state index contributed by atoms with van der Waals surface area (Å²) >= 11 is 0. The van der Waals surface area contributed by atoms with Crippen molar-refractivity contribution in [2.45, 2.75) is 32.8 Å². The second kappa shape index (κ2) is 5.10. The van der Waals surface area contributed by atoms with Crippen molar-refractivity contribution in [3.63, 3.8) is 0 Å². The van der Waals surface area contributed by atoms with Crippen LogP contribution in [0, 0.1) is 0 Å². The van der Waals surface area contributed by atoms with Gasteiger partial charge in [-0.25, -0.2) is 4.79 Å². The molecule has 102 valence electrons. The van der Waals surface area contributed by atoms with Crippen molar-refractivity contribution in [2.24, 2.45) is 0 Å². The van der Waals surface area contributed by atoms with Gasteiger partial charge in [0.25, 0.3) is 0 Å². The molecule has 0 aliphatic rings. The van der Waals surface area contributed by atoms with Gasteiger partial charge < -0.3 is 8.95 Å². The summed E-state index contributed by atoms with van der Waals surface area (Å²) in [5.41, 5.74) is 0.583. The van der Waals surface area contributed by atoms with Crippen molar-refractivity contribution in [3.05, 3.63) is 34.9 Å². The smallest absolute Gasteiger partial charge is 0.396 e. The molecule has 6 nitrogen and oxygen atoms in total. The molecule has 0 N–H and O–H groups in total. The van der Waals surface area contributed by atoms with Crippen LogP contribution in [-0.4, -0.2) is 23.0 Å². The lowest BCUT2D eigenvalue weighted by Gasteiger charge is -2.23. The molecule has 2 rings (SSSR count). The topological polar surface area (TPSA) is 70.2 Å². The summed E-state index contributed by atoms with van der Waals surface area (Å²) in [5.74, 6) is -0.261. The van der Waals surface area contributed by atoms with E-state index in [0.717, 1.165) is 0 Å². The molecule has 2 aromatic rings. The molecular formula is C12H17N3O3Si. The van der Waals surface area contributed by atoms with Gasteiger partial charge in [-0.05, 0) is 38.7 Å². The van der Waals surface area contributed by atoms with E-state index in [0.29, 0.717) is 11.5 Å². The number of aromatic nitrogens is 3. The van der Waals surface area contributed by atoms with Crippen molar-refractivity contribution in [3.8, 4) is 11.5 Å². The average molecular weight is 279 g/mol. The molecule has 19 heavy (non-hydrogen) atoms. The van der Waals surface area contributed by atoms with E-state index in [9.17, 15) is 4.79 Å². The Kier molecular flexibility index (Phi) is 3.68. The third-order valence-electron chi connectivity index (χ3n) is 2.33. The first-order chi connectivity index (χ1) is 8.87. The Balaban J connectivity index is 2.39. The van der Waals surface area contributed by atoms with Crippen LogP contribution in [0.1, 0.15) is 13.2 Å². The maximum Gasteiger partial charge on any atom is 0.460 e. The fourth-order valence-electron chi connectivity index (χ4n) is 1.75. The van der Waals surface area contributed by atoms with Gasteiger partial charge in [0.1, 0.15) is 5.69 Å². The Labute approximate surface area is 112 Å². The van der Waals surface area contributed by atoms with Gasteiger partial charge in [-0.3, -0.25) is 4.98 Å². The second-order valence-electron chi connectivity index (χ2n) is 5.16. The molecule has 7 heteroatoms. The van der Waals surface area contributed by atoms with E-state index in [1.165, 1.54) is 4.74 Å². The quantitative estimate of drug-likeness (QED) is 0.803. The van der Waals surface area contributed by atoms with Crippen LogP contribution in [-0.2, 0) is 4.43 Å². The zero-order chi connectivity index (χ0) is 14.0. The molecule has 0 saturated heterocycles. The molecule has 0 aliphatic heterocycles. The highest BCUT2D eigenvalue weighted by molar-refractivity contribution is 6.69. The Morgan fingerprint density at radius 1 is 1.37 bits per heavy atom. The van der Waals surface area contributed by atoms with Crippen LogP contribution >= 0.6 is 0 Å². The van der Waals surface area contributed by atoms with Gasteiger partial charge in [0.05, 0.1) is 0 Å². The molecular weight excluding hydrogens is 262 g/mol. The molecule has 0 amide bonds. The standard InChI is InChI=1S/C12H17N3O3Si/c1-9(18-19(2,3)4)15-11(14-12(16)17-15)10-7-5-6-8-13-10/h5-9H,1-4H3. The molecule has 2 aromatic heterocycles. The fourth-order valence-corrected chi connectivity index (χ4v) is 2.87.